The Balaban J connectivity index is 0.00000180. The van der Waals surface area contributed by atoms with Crippen LogP contribution in [0.15, 0.2) is 30.3 Å². The summed E-state index contributed by atoms with van der Waals surface area (Å²) in [6, 6.07) is 9.67. The maximum absolute atomic E-state index is 11.7. The van der Waals surface area contributed by atoms with Crippen LogP contribution in [0.25, 0.3) is 0 Å². The second-order valence-corrected chi connectivity index (χ2v) is 4.99. The van der Waals surface area contributed by atoms with Crippen LogP contribution in [-0.2, 0) is 20.7 Å². The van der Waals surface area contributed by atoms with Crippen LogP contribution >= 0.6 is 0 Å². The fourth-order valence-electron chi connectivity index (χ4n) is 1.95. The summed E-state index contributed by atoms with van der Waals surface area (Å²) in [4.78, 5) is 11.7. The Labute approximate surface area is 120 Å². The second kappa shape index (κ2) is 7.48. The predicted molar refractivity (Wildman–Crippen MR) is 67.8 cm³/mol. The Hall–Kier alpha value is -1.10. The number of likely N-dealkylation sites (N-methyl/N-ethyl adjacent to an activating group) is 1. The smallest absolute Gasteiger partial charge is 0.314 e. The van der Waals surface area contributed by atoms with Crippen molar-refractivity contribution in [2.45, 2.75) is 6.42 Å². The molecule has 0 amide bonds. The number of hydrogen-bond donors (Lipinski definition) is 0. The van der Waals surface area contributed by atoms with Gasteiger partial charge in [0.25, 0.3) is 0 Å². The first-order chi connectivity index (χ1) is 8.68. The molecular formula is C14H20ClNO3. The largest absolute Gasteiger partial charge is 1.00 e. The van der Waals surface area contributed by atoms with Gasteiger partial charge in [0.05, 0.1) is 26.7 Å². The average Bonchev–Trinajstić information content (AvgIpc) is 2.39. The van der Waals surface area contributed by atoms with Crippen molar-refractivity contribution in [3.05, 3.63) is 35.9 Å². The molecule has 0 bridgehead atoms. The molecule has 106 valence electrons. The molecule has 1 aliphatic rings. The molecule has 1 aliphatic heterocycles. The van der Waals surface area contributed by atoms with E-state index in [4.69, 9.17) is 9.47 Å². The normalized spacial score (nSPS) is 17.3. The summed E-state index contributed by atoms with van der Waals surface area (Å²) in [5, 5.41) is 0. The lowest BCUT2D eigenvalue weighted by Crippen LogP contribution is -3.00. The minimum atomic E-state index is -0.160. The Bertz CT molecular complexity index is 391. The van der Waals surface area contributed by atoms with Gasteiger partial charge in [-0.3, -0.25) is 9.28 Å². The second-order valence-electron chi connectivity index (χ2n) is 4.99. The highest BCUT2D eigenvalue weighted by Crippen LogP contribution is 2.08. The van der Waals surface area contributed by atoms with Crippen LogP contribution in [-0.4, -0.2) is 50.5 Å². The van der Waals surface area contributed by atoms with Gasteiger partial charge in [0.15, 0.2) is 0 Å². The highest BCUT2D eigenvalue weighted by atomic mass is 35.5. The molecule has 0 radical (unpaired) electrons. The number of nitrogens with zero attached hydrogens (tertiary/aromatic N) is 1. The van der Waals surface area contributed by atoms with E-state index in [1.807, 2.05) is 30.3 Å². The van der Waals surface area contributed by atoms with Crippen LogP contribution in [0.2, 0.25) is 0 Å². The number of ether oxygens (including phenoxy) is 2. The number of carbonyl (C=O) groups is 1. The number of benzene rings is 1. The number of quaternary nitrogens is 1. The van der Waals surface area contributed by atoms with Gasteiger partial charge in [-0.25, -0.2) is 0 Å². The molecule has 0 aliphatic carbocycles. The van der Waals surface area contributed by atoms with Gasteiger partial charge >= 0.3 is 5.97 Å². The summed E-state index contributed by atoms with van der Waals surface area (Å²) in [7, 11) is 2.10. The van der Waals surface area contributed by atoms with Crippen LogP contribution in [0.3, 0.4) is 0 Å². The minimum Gasteiger partial charge on any atom is -1.00 e. The Morgan fingerprint density at radius 2 is 1.89 bits per heavy atom. The van der Waals surface area contributed by atoms with E-state index < -0.39 is 0 Å². The van der Waals surface area contributed by atoms with Crippen molar-refractivity contribution in [3.63, 3.8) is 0 Å². The summed E-state index contributed by atoms with van der Waals surface area (Å²) in [5.41, 5.74) is 0.993. The minimum absolute atomic E-state index is 0. The first kappa shape index (κ1) is 16.0. The number of carbonyl (C=O) groups excluding carboxylic acids is 1. The molecule has 5 heteroatoms. The standard InChI is InChI=1S/C14H20NO3.ClH/c1-15(7-9-17-10-8-15)12-18-14(16)11-13-5-3-2-4-6-13;/h2-6H,7-12H2,1H3;1H/q+1;/p-1. The zero-order chi connectivity index (χ0) is 12.8. The lowest BCUT2D eigenvalue weighted by atomic mass is 10.2. The molecule has 0 spiro atoms. The van der Waals surface area contributed by atoms with Crippen molar-refractivity contribution in [1.29, 1.82) is 0 Å². The lowest BCUT2D eigenvalue weighted by molar-refractivity contribution is -0.932. The summed E-state index contributed by atoms with van der Waals surface area (Å²) in [6.07, 6.45) is 0.345. The van der Waals surface area contributed by atoms with Crippen molar-refractivity contribution in [2.75, 3.05) is 40.1 Å². The zero-order valence-corrected chi connectivity index (χ0v) is 11.9. The van der Waals surface area contributed by atoms with E-state index in [2.05, 4.69) is 7.05 Å². The molecule has 1 fully saturated rings. The first-order valence-electron chi connectivity index (χ1n) is 6.29. The van der Waals surface area contributed by atoms with Gasteiger partial charge in [0.2, 0.25) is 6.73 Å². The van der Waals surface area contributed by atoms with E-state index in [1.54, 1.807) is 0 Å². The number of rotatable bonds is 4. The van der Waals surface area contributed by atoms with Crippen molar-refractivity contribution >= 4 is 5.97 Å². The van der Waals surface area contributed by atoms with Crippen LogP contribution in [0.4, 0.5) is 0 Å². The average molecular weight is 286 g/mol. The SMILES string of the molecule is C[N+]1(COC(=O)Cc2ccccc2)CCOCC1.[Cl-]. The van der Waals surface area contributed by atoms with Gasteiger partial charge in [-0.2, -0.15) is 0 Å². The monoisotopic (exact) mass is 285 g/mol. The van der Waals surface area contributed by atoms with Crippen molar-refractivity contribution in [1.82, 2.24) is 0 Å². The third-order valence-corrected chi connectivity index (χ3v) is 3.28. The molecule has 0 saturated carbocycles. The molecule has 0 N–H and O–H groups in total. The summed E-state index contributed by atoms with van der Waals surface area (Å²) < 4.78 is 11.4. The summed E-state index contributed by atoms with van der Waals surface area (Å²) >= 11 is 0. The van der Waals surface area contributed by atoms with Gasteiger partial charge < -0.3 is 21.9 Å². The predicted octanol–water partition coefficient (Wildman–Crippen LogP) is -1.79. The first-order valence-corrected chi connectivity index (χ1v) is 6.29. The van der Waals surface area contributed by atoms with Gasteiger partial charge in [-0.05, 0) is 5.56 Å². The van der Waals surface area contributed by atoms with Gasteiger partial charge in [-0.1, -0.05) is 30.3 Å². The molecule has 0 unspecified atom stereocenters. The van der Waals surface area contributed by atoms with E-state index in [0.29, 0.717) is 13.2 Å². The third-order valence-electron chi connectivity index (χ3n) is 3.28. The Morgan fingerprint density at radius 3 is 2.53 bits per heavy atom. The van der Waals surface area contributed by atoms with Crippen LogP contribution in [0, 0.1) is 0 Å². The fraction of sp³-hybridized carbons (Fsp3) is 0.500. The molecule has 1 aromatic carbocycles. The number of hydrogen-bond acceptors (Lipinski definition) is 3. The Kier molecular flexibility index (Phi) is 6.28. The van der Waals surface area contributed by atoms with E-state index in [0.717, 1.165) is 36.3 Å². The molecular weight excluding hydrogens is 266 g/mol. The summed E-state index contributed by atoms with van der Waals surface area (Å²) in [5.74, 6) is -0.160. The van der Waals surface area contributed by atoms with E-state index >= 15 is 0 Å². The highest BCUT2D eigenvalue weighted by Gasteiger charge is 2.26. The number of halogens is 1. The zero-order valence-electron chi connectivity index (χ0n) is 11.2. The molecule has 2 rings (SSSR count). The highest BCUT2D eigenvalue weighted by molar-refractivity contribution is 5.72. The maximum Gasteiger partial charge on any atom is 0.314 e. The Morgan fingerprint density at radius 1 is 1.26 bits per heavy atom. The van der Waals surface area contributed by atoms with Crippen LogP contribution in [0.5, 0.6) is 0 Å². The quantitative estimate of drug-likeness (QED) is 0.484. The lowest BCUT2D eigenvalue weighted by Gasteiger charge is -2.36. The molecule has 1 aromatic rings. The summed E-state index contributed by atoms with van der Waals surface area (Å²) in [6.45, 7) is 3.73. The molecule has 4 nitrogen and oxygen atoms in total. The van der Waals surface area contributed by atoms with E-state index in [-0.39, 0.29) is 18.4 Å². The van der Waals surface area contributed by atoms with Gasteiger partial charge in [0, 0.05) is 0 Å². The van der Waals surface area contributed by atoms with Gasteiger partial charge in [-0.15, -0.1) is 0 Å². The fourth-order valence-corrected chi connectivity index (χ4v) is 1.95. The van der Waals surface area contributed by atoms with Crippen molar-refractivity contribution in [2.24, 2.45) is 0 Å². The topological polar surface area (TPSA) is 35.5 Å². The number of esters is 1. The van der Waals surface area contributed by atoms with Crippen molar-refractivity contribution < 1.29 is 31.2 Å². The van der Waals surface area contributed by atoms with E-state index in [9.17, 15) is 4.79 Å². The van der Waals surface area contributed by atoms with Crippen LogP contribution < -0.4 is 12.4 Å². The van der Waals surface area contributed by atoms with Crippen molar-refractivity contribution in [3.8, 4) is 0 Å². The molecule has 0 atom stereocenters. The van der Waals surface area contributed by atoms with Crippen LogP contribution in [0.1, 0.15) is 5.56 Å². The number of morpholine rings is 1. The molecule has 19 heavy (non-hydrogen) atoms. The third kappa shape index (κ3) is 5.19. The van der Waals surface area contributed by atoms with Gasteiger partial charge in [0.1, 0.15) is 13.1 Å². The molecule has 1 heterocycles. The van der Waals surface area contributed by atoms with E-state index in [1.165, 1.54) is 0 Å². The molecule has 0 aromatic heterocycles. The molecule has 1 saturated heterocycles. The maximum atomic E-state index is 11.7.